The highest BCUT2D eigenvalue weighted by atomic mass is 28.3. The molecule has 54 heavy (non-hydrogen) atoms. The topological polar surface area (TPSA) is 57.1 Å². The standard InChI is InChI=1S/C48H43N3O2Si/c1-46(2)35-24-13-15-28-39(35)52-42-34(23-17-26-37(42)46)44-49-31-50-45(51-44)54(32-19-9-7-10-20-32,33-21-11-8-12-22-33)41-30-18-27-38-43(41)53-40-29-16-14-25-36(40)47(3,4)48(38,5)6/h7-31H,1-6H3. The smallest absolute Gasteiger partial charge is 0.229 e. The van der Waals surface area contributed by atoms with E-state index in [1.54, 1.807) is 6.33 Å². The first kappa shape index (κ1) is 33.9. The molecule has 0 aliphatic carbocycles. The van der Waals surface area contributed by atoms with Gasteiger partial charge in [-0.05, 0) is 28.6 Å². The minimum atomic E-state index is -3.35. The maximum Gasteiger partial charge on any atom is 0.229 e. The van der Waals surface area contributed by atoms with Crippen LogP contribution in [0.4, 0.5) is 0 Å². The van der Waals surface area contributed by atoms with Crippen molar-refractivity contribution in [1.29, 1.82) is 0 Å². The summed E-state index contributed by atoms with van der Waals surface area (Å²) in [5, 5.41) is 3.40. The van der Waals surface area contributed by atoms with Gasteiger partial charge in [-0.25, -0.2) is 15.0 Å². The molecule has 6 aromatic carbocycles. The van der Waals surface area contributed by atoms with Gasteiger partial charge in [-0.2, -0.15) is 0 Å². The Hall–Kier alpha value is -5.85. The van der Waals surface area contributed by atoms with Crippen LogP contribution in [0.5, 0.6) is 23.0 Å². The molecule has 0 atom stereocenters. The minimum Gasteiger partial charge on any atom is -0.457 e. The Morgan fingerprint density at radius 2 is 0.981 bits per heavy atom. The number of fused-ring (bicyclic) bond motifs is 4. The van der Waals surface area contributed by atoms with E-state index in [0.717, 1.165) is 66.3 Å². The molecule has 2 aliphatic heterocycles. The summed E-state index contributed by atoms with van der Waals surface area (Å²) in [5.41, 5.74) is 5.34. The maximum absolute atomic E-state index is 7.26. The third-order valence-electron chi connectivity index (χ3n) is 12.4. The average molecular weight is 722 g/mol. The largest absolute Gasteiger partial charge is 0.457 e. The van der Waals surface area contributed by atoms with Gasteiger partial charge >= 0.3 is 0 Å². The van der Waals surface area contributed by atoms with E-state index < -0.39 is 8.07 Å². The Morgan fingerprint density at radius 1 is 0.463 bits per heavy atom. The van der Waals surface area contributed by atoms with Crippen LogP contribution in [0.1, 0.15) is 63.8 Å². The fraction of sp³-hybridized carbons (Fsp3) is 0.188. The second-order valence-electron chi connectivity index (χ2n) is 16.1. The van der Waals surface area contributed by atoms with Gasteiger partial charge in [0.15, 0.2) is 5.82 Å². The van der Waals surface area contributed by atoms with E-state index in [9.17, 15) is 0 Å². The monoisotopic (exact) mass is 721 g/mol. The van der Waals surface area contributed by atoms with Gasteiger partial charge in [0.2, 0.25) is 8.07 Å². The summed E-state index contributed by atoms with van der Waals surface area (Å²) in [6.45, 7) is 13.8. The van der Waals surface area contributed by atoms with Gasteiger partial charge in [0.05, 0.1) is 5.56 Å². The molecule has 5 nitrogen and oxygen atoms in total. The van der Waals surface area contributed by atoms with E-state index in [2.05, 4.69) is 175 Å². The van der Waals surface area contributed by atoms with Gasteiger partial charge in [-0.3, -0.25) is 0 Å². The van der Waals surface area contributed by atoms with Crippen molar-refractivity contribution in [2.75, 3.05) is 0 Å². The summed E-state index contributed by atoms with van der Waals surface area (Å²) >= 11 is 0. The first-order valence-electron chi connectivity index (χ1n) is 18.7. The van der Waals surface area contributed by atoms with Gasteiger partial charge in [0.1, 0.15) is 34.8 Å². The zero-order valence-corrected chi connectivity index (χ0v) is 32.6. The molecule has 7 aromatic rings. The molecule has 1 aromatic heterocycles. The summed E-state index contributed by atoms with van der Waals surface area (Å²) in [7, 11) is -3.35. The van der Waals surface area contributed by atoms with Crippen molar-refractivity contribution in [3.63, 3.8) is 0 Å². The lowest BCUT2D eigenvalue weighted by Crippen LogP contribution is -2.76. The zero-order valence-electron chi connectivity index (χ0n) is 31.6. The molecular weight excluding hydrogens is 679 g/mol. The van der Waals surface area contributed by atoms with Crippen LogP contribution < -0.4 is 30.5 Å². The van der Waals surface area contributed by atoms with E-state index in [4.69, 9.17) is 24.4 Å². The van der Waals surface area contributed by atoms with Crippen LogP contribution in [-0.2, 0) is 16.2 Å². The van der Waals surface area contributed by atoms with Crippen LogP contribution in [-0.4, -0.2) is 23.0 Å². The molecule has 3 heterocycles. The number of nitrogens with zero attached hydrogens (tertiary/aromatic N) is 3. The van der Waals surface area contributed by atoms with Crippen LogP contribution in [0.15, 0.2) is 152 Å². The van der Waals surface area contributed by atoms with Gasteiger partial charge in [0.25, 0.3) is 0 Å². The number of para-hydroxylation sites is 4. The van der Waals surface area contributed by atoms with Crippen LogP contribution in [0.3, 0.4) is 0 Å². The van der Waals surface area contributed by atoms with E-state index in [1.807, 2.05) is 12.1 Å². The molecule has 0 fully saturated rings. The van der Waals surface area contributed by atoms with E-state index in [1.165, 1.54) is 5.56 Å². The highest BCUT2D eigenvalue weighted by Crippen LogP contribution is 2.53. The molecule has 0 radical (unpaired) electrons. The zero-order chi connectivity index (χ0) is 37.3. The molecule has 0 unspecified atom stereocenters. The number of hydrogen-bond acceptors (Lipinski definition) is 5. The second-order valence-corrected chi connectivity index (χ2v) is 19.7. The van der Waals surface area contributed by atoms with E-state index in [-0.39, 0.29) is 16.2 Å². The van der Waals surface area contributed by atoms with Gasteiger partial charge in [-0.15, -0.1) is 0 Å². The molecule has 2 aliphatic rings. The van der Waals surface area contributed by atoms with Crippen molar-refractivity contribution in [2.45, 2.75) is 57.8 Å². The van der Waals surface area contributed by atoms with E-state index >= 15 is 0 Å². The molecule has 9 rings (SSSR count). The normalized spacial score (nSPS) is 16.0. The second kappa shape index (κ2) is 12.4. The summed E-state index contributed by atoms with van der Waals surface area (Å²) < 4.78 is 14.0. The van der Waals surface area contributed by atoms with Crippen LogP contribution >= 0.6 is 0 Å². The summed E-state index contributed by atoms with van der Waals surface area (Å²) in [4.78, 5) is 15.6. The summed E-state index contributed by atoms with van der Waals surface area (Å²) in [5.74, 6) is 3.95. The Morgan fingerprint density at radius 3 is 1.67 bits per heavy atom. The third-order valence-corrected chi connectivity index (χ3v) is 17.0. The quantitative estimate of drug-likeness (QED) is 0.132. The molecule has 0 N–H and O–H groups in total. The van der Waals surface area contributed by atoms with Gasteiger partial charge < -0.3 is 9.47 Å². The SMILES string of the molecule is CC1(C)c2ccccc2Oc2c(-c3ncnc([Si](c4ccccc4)(c4ccccc4)c4cccc5c4Oc4ccccc4C(C)(C)C5(C)C)n3)cccc21. The maximum atomic E-state index is 7.26. The number of aromatic nitrogens is 3. The Labute approximate surface area is 318 Å². The van der Waals surface area contributed by atoms with Crippen molar-refractivity contribution < 1.29 is 9.47 Å². The lowest BCUT2D eigenvalue weighted by atomic mass is 9.61. The minimum absolute atomic E-state index is 0.240. The fourth-order valence-corrected chi connectivity index (χ4v) is 13.3. The van der Waals surface area contributed by atoms with Crippen LogP contribution in [0.2, 0.25) is 0 Å². The number of rotatable bonds is 5. The first-order chi connectivity index (χ1) is 26.1. The van der Waals surface area contributed by atoms with Crippen LogP contribution in [0, 0.1) is 0 Å². The number of hydrogen-bond donors (Lipinski definition) is 0. The van der Waals surface area contributed by atoms with E-state index in [0.29, 0.717) is 5.82 Å². The lowest BCUT2D eigenvalue weighted by molar-refractivity contribution is 0.306. The highest BCUT2D eigenvalue weighted by molar-refractivity contribution is 7.19. The summed E-state index contributed by atoms with van der Waals surface area (Å²) in [6.07, 6.45) is 1.68. The van der Waals surface area contributed by atoms with Crippen molar-refractivity contribution >= 4 is 29.1 Å². The van der Waals surface area contributed by atoms with Gasteiger partial charge in [0, 0.05) is 43.7 Å². The average Bonchev–Trinajstić information content (AvgIpc) is 3.26. The van der Waals surface area contributed by atoms with Crippen molar-refractivity contribution in [2.24, 2.45) is 0 Å². The number of ether oxygens (including phenoxy) is 2. The predicted molar refractivity (Wildman–Crippen MR) is 220 cm³/mol. The lowest BCUT2D eigenvalue weighted by Gasteiger charge is -2.42. The predicted octanol–water partition coefficient (Wildman–Crippen LogP) is 8.71. The first-order valence-corrected chi connectivity index (χ1v) is 20.7. The molecule has 6 heteroatoms. The van der Waals surface area contributed by atoms with Crippen molar-refractivity contribution in [3.8, 4) is 34.4 Å². The molecule has 0 saturated carbocycles. The summed E-state index contributed by atoms with van der Waals surface area (Å²) in [6, 6.07) is 51.3. The molecule has 266 valence electrons. The fourth-order valence-electron chi connectivity index (χ4n) is 8.77. The Balaban J connectivity index is 1.35. The Kier molecular flexibility index (Phi) is 7.77. The third kappa shape index (κ3) is 4.86. The van der Waals surface area contributed by atoms with Gasteiger partial charge in [-0.1, -0.05) is 169 Å². The molecule has 0 spiro atoms. The van der Waals surface area contributed by atoms with Crippen LogP contribution in [0.25, 0.3) is 11.4 Å². The van der Waals surface area contributed by atoms with Crippen molar-refractivity contribution in [3.05, 3.63) is 174 Å². The molecular formula is C48H43N3O2Si. The molecule has 0 saturated heterocycles. The molecule has 0 amide bonds. The molecule has 0 bridgehead atoms. The highest BCUT2D eigenvalue weighted by Gasteiger charge is 2.51. The Bertz CT molecular complexity index is 2510. The number of benzene rings is 6. The van der Waals surface area contributed by atoms with Crippen molar-refractivity contribution in [1.82, 2.24) is 15.0 Å².